The summed E-state index contributed by atoms with van der Waals surface area (Å²) in [4.78, 5) is 6.77. The van der Waals surface area contributed by atoms with Crippen molar-refractivity contribution in [3.63, 3.8) is 0 Å². The molecule has 0 saturated carbocycles. The maximum absolute atomic E-state index is 3.90. The third kappa shape index (κ3) is 1.16. The Morgan fingerprint density at radius 1 is 1.86 bits per heavy atom. The first-order chi connectivity index (χ1) is 3.30. The number of halogens is 2. The minimum Gasteiger partial charge on any atom is -0.338 e. The molecule has 0 radical (unpaired) electrons. The summed E-state index contributed by atoms with van der Waals surface area (Å²) in [6, 6.07) is 0. The fourth-order valence-electron chi connectivity index (χ4n) is 0.262. The zero-order chi connectivity index (χ0) is 5.28. The second kappa shape index (κ2) is 2.13. The van der Waals surface area contributed by atoms with Crippen molar-refractivity contribution >= 4 is 38.5 Å². The molecule has 1 rings (SSSR count). The van der Waals surface area contributed by atoms with Gasteiger partial charge in [0.15, 0.2) is 0 Å². The third-order valence-electron chi connectivity index (χ3n) is 0.550. The van der Waals surface area contributed by atoms with Gasteiger partial charge in [-0.3, -0.25) is 0 Å². The quantitative estimate of drug-likeness (QED) is 0.717. The fourth-order valence-corrected chi connectivity index (χ4v) is 0.762. The zero-order valence-electron chi connectivity index (χ0n) is 3.28. The summed E-state index contributed by atoms with van der Waals surface area (Å²) < 4.78 is 1.92. The van der Waals surface area contributed by atoms with Crippen molar-refractivity contribution in [3.05, 3.63) is 14.6 Å². The standard InChI is InChI=1S/C3H2BrIN2/c4-2-3(5)7-1-6-2/h1H,(H,6,7). The molecule has 0 bridgehead atoms. The Balaban J connectivity index is 3.12. The highest BCUT2D eigenvalue weighted by Gasteiger charge is 1.92. The molecular formula is C3H2BrIN2. The van der Waals surface area contributed by atoms with Crippen molar-refractivity contribution in [1.29, 1.82) is 0 Å². The molecule has 0 aromatic carbocycles. The van der Waals surface area contributed by atoms with E-state index in [2.05, 4.69) is 48.5 Å². The van der Waals surface area contributed by atoms with Crippen LogP contribution in [0.4, 0.5) is 0 Å². The average molecular weight is 273 g/mol. The van der Waals surface area contributed by atoms with Gasteiger partial charge in [-0.25, -0.2) is 4.98 Å². The maximum Gasteiger partial charge on any atom is 0.133 e. The van der Waals surface area contributed by atoms with Gasteiger partial charge in [-0.2, -0.15) is 0 Å². The van der Waals surface area contributed by atoms with Crippen LogP contribution >= 0.6 is 38.5 Å². The SMILES string of the molecule is Brc1[nH]cnc1I. The Morgan fingerprint density at radius 3 is 2.71 bits per heavy atom. The lowest BCUT2D eigenvalue weighted by Gasteiger charge is -1.74. The van der Waals surface area contributed by atoms with Gasteiger partial charge in [0.25, 0.3) is 0 Å². The predicted octanol–water partition coefficient (Wildman–Crippen LogP) is 1.78. The van der Waals surface area contributed by atoms with Crippen LogP contribution in [0.5, 0.6) is 0 Å². The van der Waals surface area contributed by atoms with E-state index in [1.807, 2.05) is 0 Å². The van der Waals surface area contributed by atoms with Crippen LogP contribution in [-0.2, 0) is 0 Å². The van der Waals surface area contributed by atoms with E-state index in [-0.39, 0.29) is 0 Å². The van der Waals surface area contributed by atoms with E-state index in [1.165, 1.54) is 0 Å². The molecule has 2 nitrogen and oxygen atoms in total. The summed E-state index contributed by atoms with van der Waals surface area (Å²) in [6.07, 6.45) is 1.64. The number of aromatic amines is 1. The smallest absolute Gasteiger partial charge is 0.133 e. The average Bonchev–Trinajstić information content (AvgIpc) is 1.91. The van der Waals surface area contributed by atoms with Gasteiger partial charge < -0.3 is 4.98 Å². The van der Waals surface area contributed by atoms with Crippen molar-refractivity contribution in [1.82, 2.24) is 9.97 Å². The van der Waals surface area contributed by atoms with Crippen LogP contribution in [0.1, 0.15) is 0 Å². The summed E-state index contributed by atoms with van der Waals surface area (Å²) in [5.74, 6) is 0. The van der Waals surface area contributed by atoms with Crippen LogP contribution in [0, 0.1) is 3.70 Å². The number of imidazole rings is 1. The molecule has 0 aliphatic carbocycles. The highest BCUT2D eigenvalue weighted by Crippen LogP contribution is 2.11. The van der Waals surface area contributed by atoms with E-state index in [0.717, 1.165) is 8.30 Å². The van der Waals surface area contributed by atoms with Crippen LogP contribution in [0.15, 0.2) is 10.9 Å². The summed E-state index contributed by atoms with van der Waals surface area (Å²) in [7, 11) is 0. The molecule has 7 heavy (non-hydrogen) atoms. The lowest BCUT2D eigenvalue weighted by Crippen LogP contribution is -1.63. The lowest BCUT2D eigenvalue weighted by atomic mass is 11.0. The molecule has 0 aliphatic rings. The van der Waals surface area contributed by atoms with E-state index < -0.39 is 0 Å². The van der Waals surface area contributed by atoms with Crippen LogP contribution in [0.3, 0.4) is 0 Å². The number of nitrogens with zero attached hydrogens (tertiary/aromatic N) is 1. The highest BCUT2D eigenvalue weighted by molar-refractivity contribution is 14.1. The minimum atomic E-state index is 0.952. The molecule has 0 aliphatic heterocycles. The molecule has 1 aromatic rings. The van der Waals surface area contributed by atoms with Gasteiger partial charge in [0.2, 0.25) is 0 Å². The Morgan fingerprint density at radius 2 is 2.57 bits per heavy atom. The first kappa shape index (κ1) is 5.55. The second-order valence-electron chi connectivity index (χ2n) is 1.01. The van der Waals surface area contributed by atoms with Gasteiger partial charge in [-0.05, 0) is 38.5 Å². The topological polar surface area (TPSA) is 28.7 Å². The summed E-state index contributed by atoms with van der Waals surface area (Å²) in [5, 5.41) is 0. The van der Waals surface area contributed by atoms with Gasteiger partial charge in [-0.15, -0.1) is 0 Å². The largest absolute Gasteiger partial charge is 0.338 e. The van der Waals surface area contributed by atoms with E-state index in [1.54, 1.807) is 6.33 Å². The second-order valence-corrected chi connectivity index (χ2v) is 2.82. The molecule has 1 aromatic heterocycles. The number of H-pyrrole nitrogens is 1. The molecule has 0 spiro atoms. The number of hydrogen-bond donors (Lipinski definition) is 1. The maximum atomic E-state index is 3.90. The monoisotopic (exact) mass is 272 g/mol. The Labute approximate surface area is 63.0 Å². The lowest BCUT2D eigenvalue weighted by molar-refractivity contribution is 1.29. The molecule has 0 fully saturated rings. The molecule has 1 heterocycles. The molecule has 38 valence electrons. The first-order valence-electron chi connectivity index (χ1n) is 1.65. The van der Waals surface area contributed by atoms with Crippen molar-refractivity contribution in [2.75, 3.05) is 0 Å². The molecule has 0 atom stereocenters. The summed E-state index contributed by atoms with van der Waals surface area (Å²) >= 11 is 5.37. The molecule has 1 N–H and O–H groups in total. The third-order valence-corrected chi connectivity index (χ3v) is 2.71. The van der Waals surface area contributed by atoms with Crippen LogP contribution in [0.2, 0.25) is 0 Å². The minimum absolute atomic E-state index is 0.952. The van der Waals surface area contributed by atoms with Crippen LogP contribution in [0.25, 0.3) is 0 Å². The first-order valence-corrected chi connectivity index (χ1v) is 3.52. The van der Waals surface area contributed by atoms with E-state index in [9.17, 15) is 0 Å². The van der Waals surface area contributed by atoms with E-state index in [0.29, 0.717) is 0 Å². The van der Waals surface area contributed by atoms with Crippen molar-refractivity contribution in [3.8, 4) is 0 Å². The number of rotatable bonds is 0. The Kier molecular flexibility index (Phi) is 1.69. The molecular weight excluding hydrogens is 271 g/mol. The van der Waals surface area contributed by atoms with Crippen molar-refractivity contribution in [2.45, 2.75) is 0 Å². The van der Waals surface area contributed by atoms with Gasteiger partial charge in [-0.1, -0.05) is 0 Å². The Hall–Kier alpha value is 0.420. The van der Waals surface area contributed by atoms with E-state index >= 15 is 0 Å². The van der Waals surface area contributed by atoms with Gasteiger partial charge in [0, 0.05) is 0 Å². The van der Waals surface area contributed by atoms with Crippen LogP contribution in [-0.4, -0.2) is 9.97 Å². The molecule has 0 saturated heterocycles. The van der Waals surface area contributed by atoms with Gasteiger partial charge in [0.1, 0.15) is 8.30 Å². The number of aromatic nitrogens is 2. The van der Waals surface area contributed by atoms with Gasteiger partial charge >= 0.3 is 0 Å². The molecule has 4 heteroatoms. The van der Waals surface area contributed by atoms with Crippen molar-refractivity contribution in [2.24, 2.45) is 0 Å². The normalized spacial score (nSPS) is 9.43. The predicted molar refractivity (Wildman–Crippen MR) is 39.0 cm³/mol. The summed E-state index contributed by atoms with van der Waals surface area (Å²) in [5.41, 5.74) is 0. The van der Waals surface area contributed by atoms with Crippen molar-refractivity contribution < 1.29 is 0 Å². The van der Waals surface area contributed by atoms with Crippen LogP contribution < -0.4 is 0 Å². The van der Waals surface area contributed by atoms with E-state index in [4.69, 9.17) is 0 Å². The molecule has 0 amide bonds. The number of hydrogen-bond acceptors (Lipinski definition) is 1. The molecule has 0 unspecified atom stereocenters. The van der Waals surface area contributed by atoms with Gasteiger partial charge in [0.05, 0.1) is 6.33 Å². The number of nitrogens with one attached hydrogen (secondary N) is 1. The zero-order valence-corrected chi connectivity index (χ0v) is 7.02. The fraction of sp³-hybridized carbons (Fsp3) is 0. The Bertz CT molecular complexity index is 145. The summed E-state index contributed by atoms with van der Waals surface area (Å²) in [6.45, 7) is 0. The highest BCUT2D eigenvalue weighted by atomic mass is 127.